The second kappa shape index (κ2) is 10.2. The van der Waals surface area contributed by atoms with E-state index in [0.717, 1.165) is 22.4 Å². The van der Waals surface area contributed by atoms with Crippen LogP contribution in [-0.2, 0) is 14.3 Å². The zero-order valence-electron chi connectivity index (χ0n) is 23.3. The third-order valence-corrected chi connectivity index (χ3v) is 9.93. The molecular formula is C32H35F4NO3. The summed E-state index contributed by atoms with van der Waals surface area (Å²) in [5.41, 5.74) is 1.89. The zero-order chi connectivity index (χ0) is 29.0. The maximum atomic E-state index is 15.8. The summed E-state index contributed by atoms with van der Waals surface area (Å²) >= 11 is 0. The van der Waals surface area contributed by atoms with Gasteiger partial charge in [-0.1, -0.05) is 30.6 Å². The maximum Gasteiger partial charge on any atom is 0.457 e. The average molecular weight is 558 g/mol. The molecule has 0 heterocycles. The van der Waals surface area contributed by atoms with Gasteiger partial charge in [0.05, 0.1) is 5.41 Å². The fourth-order valence-electron chi connectivity index (χ4n) is 8.13. The number of alkyl halides is 4. The van der Waals surface area contributed by atoms with Crippen LogP contribution in [0.15, 0.2) is 47.1 Å². The highest BCUT2D eigenvalue weighted by Gasteiger charge is 2.66. The largest absolute Gasteiger partial charge is 0.457 e. The summed E-state index contributed by atoms with van der Waals surface area (Å²) in [6.07, 6.45) is -2.69. The molecule has 2 fully saturated rings. The predicted octanol–water partition coefficient (Wildman–Crippen LogP) is 6.37. The first kappa shape index (κ1) is 28.6. The van der Waals surface area contributed by atoms with Crippen LogP contribution in [0.1, 0.15) is 56.9 Å². The van der Waals surface area contributed by atoms with Crippen molar-refractivity contribution in [3.05, 3.63) is 52.6 Å². The van der Waals surface area contributed by atoms with Crippen LogP contribution in [0, 0.1) is 34.5 Å². The Bertz CT molecular complexity index is 1330. The lowest BCUT2D eigenvalue weighted by Gasteiger charge is -2.55. The second-order valence-electron chi connectivity index (χ2n) is 12.1. The van der Waals surface area contributed by atoms with Gasteiger partial charge in [0.15, 0.2) is 11.6 Å². The van der Waals surface area contributed by atoms with E-state index in [1.54, 1.807) is 0 Å². The molecule has 214 valence electrons. The van der Waals surface area contributed by atoms with Crippen LogP contribution >= 0.6 is 0 Å². The SMILES string of the molecule is COCC(=O)[C@@]1(C#CC(F)(F)F)CC[C@H]2[C@@H]3CC(F)C4=CC(=O)CCC4=C3[C@@H](c3ccc(N(C)C)cc3)C[C@@]21C. The van der Waals surface area contributed by atoms with Gasteiger partial charge >= 0.3 is 6.18 Å². The van der Waals surface area contributed by atoms with Crippen molar-refractivity contribution in [2.45, 2.75) is 63.7 Å². The molecule has 4 nitrogen and oxygen atoms in total. The van der Waals surface area contributed by atoms with E-state index in [1.165, 1.54) is 19.1 Å². The number of ketones is 2. The van der Waals surface area contributed by atoms with E-state index < -0.39 is 29.0 Å². The Morgan fingerprint density at radius 1 is 1.18 bits per heavy atom. The Kier molecular flexibility index (Phi) is 7.27. The van der Waals surface area contributed by atoms with Gasteiger partial charge in [-0.25, -0.2) is 4.39 Å². The summed E-state index contributed by atoms with van der Waals surface area (Å²) in [5, 5.41) is 0. The molecule has 8 heteroatoms. The Morgan fingerprint density at radius 2 is 1.88 bits per heavy atom. The number of allylic oxidation sites excluding steroid dienone is 4. The molecule has 5 rings (SSSR count). The lowest BCUT2D eigenvalue weighted by molar-refractivity contribution is -0.137. The van der Waals surface area contributed by atoms with Gasteiger partial charge in [-0.2, -0.15) is 13.2 Å². The second-order valence-corrected chi connectivity index (χ2v) is 12.1. The zero-order valence-corrected chi connectivity index (χ0v) is 23.3. The molecule has 2 saturated carbocycles. The average Bonchev–Trinajstić information content (AvgIpc) is 3.20. The number of halogens is 4. The van der Waals surface area contributed by atoms with Crippen molar-refractivity contribution >= 4 is 17.3 Å². The molecule has 0 aromatic heterocycles. The number of carbonyl (C=O) groups excluding carboxylic acids is 2. The van der Waals surface area contributed by atoms with E-state index in [1.807, 2.05) is 50.2 Å². The molecule has 1 aromatic rings. The molecule has 0 bridgehead atoms. The Hall–Kier alpha value is -2.92. The van der Waals surface area contributed by atoms with Gasteiger partial charge in [0.1, 0.15) is 12.8 Å². The predicted molar refractivity (Wildman–Crippen MR) is 144 cm³/mol. The van der Waals surface area contributed by atoms with Crippen molar-refractivity contribution < 1.29 is 31.9 Å². The Balaban J connectivity index is 1.72. The maximum absolute atomic E-state index is 15.8. The van der Waals surface area contributed by atoms with Crippen molar-refractivity contribution in [1.82, 2.24) is 0 Å². The van der Waals surface area contributed by atoms with E-state index in [-0.39, 0.29) is 43.0 Å². The fourth-order valence-corrected chi connectivity index (χ4v) is 8.13. The van der Waals surface area contributed by atoms with E-state index >= 15 is 4.39 Å². The quantitative estimate of drug-likeness (QED) is 0.312. The summed E-state index contributed by atoms with van der Waals surface area (Å²) in [4.78, 5) is 27.9. The number of ether oxygens (including phenoxy) is 1. The minimum atomic E-state index is -4.75. The number of nitrogens with zero attached hydrogens (tertiary/aromatic N) is 1. The normalized spacial score (nSPS) is 33.3. The molecule has 1 unspecified atom stereocenters. The molecule has 40 heavy (non-hydrogen) atoms. The number of hydrogen-bond donors (Lipinski definition) is 0. The summed E-state index contributed by atoms with van der Waals surface area (Å²) in [6, 6.07) is 8.02. The van der Waals surface area contributed by atoms with E-state index in [4.69, 9.17) is 4.74 Å². The lowest BCUT2D eigenvalue weighted by atomic mass is 9.48. The molecule has 0 saturated heterocycles. The van der Waals surface area contributed by atoms with E-state index in [9.17, 15) is 22.8 Å². The monoisotopic (exact) mass is 557 g/mol. The first-order valence-electron chi connectivity index (χ1n) is 13.8. The van der Waals surface area contributed by atoms with Gasteiger partial charge < -0.3 is 9.64 Å². The lowest BCUT2D eigenvalue weighted by Crippen LogP contribution is -2.52. The number of rotatable bonds is 5. The highest BCUT2D eigenvalue weighted by molar-refractivity contribution is 5.93. The third-order valence-electron chi connectivity index (χ3n) is 9.93. The molecule has 6 atom stereocenters. The van der Waals surface area contributed by atoms with Gasteiger partial charge in [0.2, 0.25) is 0 Å². The van der Waals surface area contributed by atoms with Crippen LogP contribution in [0.25, 0.3) is 0 Å². The number of carbonyl (C=O) groups is 2. The standard InChI is InChI=1S/C32H35F4NO3/c1-30-17-25(19-5-7-20(8-6-19)37(2)3)29-22-10-9-21(38)15-23(22)27(33)16-24(29)26(30)11-12-31(30,28(39)18-40-4)13-14-32(34,35)36/h5-8,15,24-27H,9-12,16-18H2,1-4H3/t24-,25+,26-,27?,30-,31-/m0/s1. The first-order valence-corrected chi connectivity index (χ1v) is 13.8. The smallest absolute Gasteiger partial charge is 0.378 e. The highest BCUT2D eigenvalue weighted by atomic mass is 19.4. The molecule has 0 spiro atoms. The van der Waals surface area contributed by atoms with Crippen LogP contribution in [0.2, 0.25) is 0 Å². The summed E-state index contributed by atoms with van der Waals surface area (Å²) in [7, 11) is 5.23. The molecule has 1 aromatic carbocycles. The molecule has 4 aliphatic carbocycles. The van der Waals surface area contributed by atoms with Gasteiger partial charge in [-0.15, -0.1) is 0 Å². The first-order chi connectivity index (χ1) is 18.8. The number of methoxy groups -OCH3 is 1. The summed E-state index contributed by atoms with van der Waals surface area (Å²) < 4.78 is 61.3. The van der Waals surface area contributed by atoms with Crippen molar-refractivity contribution in [1.29, 1.82) is 0 Å². The van der Waals surface area contributed by atoms with Gasteiger partial charge in [-0.3, -0.25) is 9.59 Å². The molecule has 0 amide bonds. The van der Waals surface area contributed by atoms with Gasteiger partial charge in [-0.05, 0) is 84.3 Å². The number of Topliss-reactive ketones (excluding diaryl/α,β-unsaturated/α-hetero) is 1. The third kappa shape index (κ3) is 4.60. The number of benzene rings is 1. The van der Waals surface area contributed by atoms with Crippen LogP contribution in [0.4, 0.5) is 23.2 Å². The van der Waals surface area contributed by atoms with Crippen LogP contribution in [0.5, 0.6) is 0 Å². The molecule has 4 aliphatic rings. The van der Waals surface area contributed by atoms with Crippen molar-refractivity contribution in [2.75, 3.05) is 32.7 Å². The highest BCUT2D eigenvalue weighted by Crippen LogP contribution is 2.70. The summed E-state index contributed by atoms with van der Waals surface area (Å²) in [5.74, 6) is 2.61. The topological polar surface area (TPSA) is 46.6 Å². The van der Waals surface area contributed by atoms with Crippen LogP contribution in [0.3, 0.4) is 0 Å². The van der Waals surface area contributed by atoms with Gasteiger partial charge in [0.25, 0.3) is 0 Å². The number of hydrogen-bond acceptors (Lipinski definition) is 4. The van der Waals surface area contributed by atoms with Crippen molar-refractivity contribution in [3.63, 3.8) is 0 Å². The van der Waals surface area contributed by atoms with Crippen LogP contribution in [-0.4, -0.2) is 51.7 Å². The number of anilines is 1. The number of fused-ring (bicyclic) bond motifs is 4. The Morgan fingerprint density at radius 3 is 2.50 bits per heavy atom. The van der Waals surface area contributed by atoms with E-state index in [2.05, 4.69) is 5.92 Å². The van der Waals surface area contributed by atoms with Gasteiger partial charge in [0, 0.05) is 45.2 Å². The van der Waals surface area contributed by atoms with Crippen LogP contribution < -0.4 is 4.90 Å². The summed E-state index contributed by atoms with van der Waals surface area (Å²) in [6.45, 7) is 1.55. The molecular weight excluding hydrogens is 522 g/mol. The minimum Gasteiger partial charge on any atom is -0.378 e. The fraction of sp³-hybridized carbons (Fsp3) is 0.562. The minimum absolute atomic E-state index is 0.0829. The molecule has 0 N–H and O–H groups in total. The van der Waals surface area contributed by atoms with Crippen molar-refractivity contribution in [3.8, 4) is 11.8 Å². The Labute approximate surface area is 232 Å². The van der Waals surface area contributed by atoms with E-state index in [0.29, 0.717) is 31.3 Å². The molecule has 0 radical (unpaired) electrons. The van der Waals surface area contributed by atoms with Crippen molar-refractivity contribution in [2.24, 2.45) is 22.7 Å². The molecule has 0 aliphatic heterocycles.